The lowest BCUT2D eigenvalue weighted by Crippen LogP contribution is -2.47. The number of carbonyl (C=O) groups excluding carboxylic acids is 1. The topological polar surface area (TPSA) is 71.0 Å². The van der Waals surface area contributed by atoms with Crippen molar-refractivity contribution in [2.75, 3.05) is 26.3 Å². The van der Waals surface area contributed by atoms with E-state index in [-0.39, 0.29) is 0 Å². The summed E-state index contributed by atoms with van der Waals surface area (Å²) in [6.07, 6.45) is 1.24. The molecule has 7 heteroatoms. The Bertz CT molecular complexity index is 270. The van der Waals surface area contributed by atoms with Crippen LogP contribution in [0.5, 0.6) is 0 Å². The van der Waals surface area contributed by atoms with Gasteiger partial charge in [0.05, 0.1) is 19.1 Å². The van der Waals surface area contributed by atoms with Crippen LogP contribution in [-0.4, -0.2) is 47.9 Å². The van der Waals surface area contributed by atoms with Crippen molar-refractivity contribution in [3.8, 4) is 0 Å². The van der Waals surface area contributed by atoms with Crippen molar-refractivity contribution in [3.05, 3.63) is 0 Å². The number of hydroxylamine groups is 1. The van der Waals surface area contributed by atoms with E-state index in [0.717, 1.165) is 13.1 Å². The van der Waals surface area contributed by atoms with Crippen molar-refractivity contribution in [1.29, 1.82) is 0 Å². The molecule has 2 atom stereocenters. The first-order valence-electron chi connectivity index (χ1n) is 5.39. The smallest absolute Gasteiger partial charge is 0.251 e. The molecule has 2 aliphatic rings. The first-order valence-corrected chi connectivity index (χ1v) is 5.91. The van der Waals surface area contributed by atoms with Crippen molar-refractivity contribution in [1.82, 2.24) is 10.2 Å². The lowest BCUT2D eigenvalue weighted by Gasteiger charge is -2.32. The summed E-state index contributed by atoms with van der Waals surface area (Å²) in [6.45, 7) is 2.56. The maximum absolute atomic E-state index is 11.6. The first kappa shape index (κ1) is 12.2. The van der Waals surface area contributed by atoms with Crippen molar-refractivity contribution in [2.45, 2.75) is 18.6 Å². The molecule has 1 spiro atoms. The molecule has 2 saturated heterocycles. The fourth-order valence-corrected chi connectivity index (χ4v) is 2.60. The molecule has 0 bridgehead atoms. The third-order valence-corrected chi connectivity index (χ3v) is 3.70. The monoisotopic (exact) mass is 248 g/mol. The number of carbonyl (C=O) groups is 1. The molecule has 1 amide bonds. The Morgan fingerprint density at radius 2 is 2.12 bits per heavy atom. The second-order valence-electron chi connectivity index (χ2n) is 4.11. The summed E-state index contributed by atoms with van der Waals surface area (Å²) in [6, 6.07) is 0. The second kappa shape index (κ2) is 4.94. The van der Waals surface area contributed by atoms with E-state index >= 15 is 0 Å². The summed E-state index contributed by atoms with van der Waals surface area (Å²) in [4.78, 5) is 11.6. The molecule has 92 valence electrons. The van der Waals surface area contributed by atoms with E-state index in [9.17, 15) is 4.79 Å². The summed E-state index contributed by atoms with van der Waals surface area (Å²) in [5.41, 5.74) is 1.70. The predicted octanol–water partition coefficient (Wildman–Crippen LogP) is -0.263. The summed E-state index contributed by atoms with van der Waals surface area (Å²) >= 11 is 0. The molecule has 2 heterocycles. The minimum absolute atomic E-state index is 0.429. The fraction of sp³-hybridized carbons (Fsp3) is 0.889. The number of nitrogens with one attached hydrogen (secondary N) is 1. The Morgan fingerprint density at radius 3 is 2.75 bits per heavy atom. The van der Waals surface area contributed by atoms with Crippen LogP contribution in [0.2, 0.25) is 0 Å². The zero-order valence-electron chi connectivity index (χ0n) is 9.02. The zero-order valence-corrected chi connectivity index (χ0v) is 10.2. The van der Waals surface area contributed by atoms with E-state index in [1.54, 1.807) is 5.48 Å². The van der Waals surface area contributed by atoms with Crippen molar-refractivity contribution < 1.29 is 19.5 Å². The highest BCUT2D eigenvalue weighted by Gasteiger charge is 2.49. The summed E-state index contributed by atoms with van der Waals surface area (Å²) in [7, 11) is 2.62. The van der Waals surface area contributed by atoms with Gasteiger partial charge in [-0.05, 0) is 6.42 Å². The van der Waals surface area contributed by atoms with Crippen LogP contribution in [0.3, 0.4) is 0 Å². The number of hydrogen-bond acceptors (Lipinski definition) is 5. The van der Waals surface area contributed by atoms with Crippen LogP contribution >= 0.6 is 9.39 Å². The molecule has 0 aromatic rings. The van der Waals surface area contributed by atoms with Gasteiger partial charge in [-0.25, -0.2) is 5.48 Å². The molecule has 16 heavy (non-hydrogen) atoms. The normalized spacial score (nSPS) is 30.2. The van der Waals surface area contributed by atoms with E-state index < -0.39 is 17.6 Å². The van der Waals surface area contributed by atoms with Crippen LogP contribution < -0.4 is 5.48 Å². The lowest BCUT2D eigenvalue weighted by atomic mass is 9.92. The lowest BCUT2D eigenvalue weighted by molar-refractivity contribution is -0.202. The SMILES string of the molecule is O=C(NO)C1CCN(P)CCC12OCCO2. The number of rotatable bonds is 1. The van der Waals surface area contributed by atoms with Gasteiger partial charge in [0, 0.05) is 19.5 Å². The minimum Gasteiger partial charge on any atom is -0.347 e. The number of ether oxygens (including phenoxy) is 2. The van der Waals surface area contributed by atoms with Crippen LogP contribution in [0.1, 0.15) is 12.8 Å². The van der Waals surface area contributed by atoms with Crippen molar-refractivity contribution >= 4 is 15.3 Å². The predicted molar refractivity (Wildman–Crippen MR) is 58.6 cm³/mol. The number of nitrogens with zero attached hydrogens (tertiary/aromatic N) is 1. The quantitative estimate of drug-likeness (QED) is 0.380. The van der Waals surface area contributed by atoms with Crippen LogP contribution in [0.4, 0.5) is 0 Å². The molecule has 0 aliphatic carbocycles. The van der Waals surface area contributed by atoms with Crippen molar-refractivity contribution in [3.63, 3.8) is 0 Å². The summed E-state index contributed by atoms with van der Waals surface area (Å²) in [5, 5.41) is 8.76. The molecule has 2 rings (SSSR count). The Balaban J connectivity index is 2.18. The van der Waals surface area contributed by atoms with Gasteiger partial charge in [0.25, 0.3) is 5.91 Å². The molecule has 0 aromatic heterocycles. The summed E-state index contributed by atoms with van der Waals surface area (Å²) in [5.74, 6) is -1.73. The molecule has 6 nitrogen and oxygen atoms in total. The van der Waals surface area contributed by atoms with E-state index in [1.165, 1.54) is 0 Å². The molecule has 2 fully saturated rings. The average Bonchev–Trinajstić information content (AvgIpc) is 2.69. The number of hydrogen-bond donors (Lipinski definition) is 2. The highest BCUT2D eigenvalue weighted by atomic mass is 31.0. The third-order valence-electron chi connectivity index (χ3n) is 3.19. The Hall–Kier alpha value is -0.260. The maximum Gasteiger partial charge on any atom is 0.251 e. The summed E-state index contributed by atoms with van der Waals surface area (Å²) < 4.78 is 13.3. The van der Waals surface area contributed by atoms with Crippen LogP contribution in [0.15, 0.2) is 0 Å². The van der Waals surface area contributed by atoms with Gasteiger partial charge in [0.2, 0.25) is 0 Å². The number of amides is 1. The standard InChI is InChI=1S/C9H17N2O4P/c12-8(10-13)7-1-3-11(16)4-2-9(7)14-5-6-15-9/h7,13H,1-6,16H2,(H,10,12). The minimum atomic E-state index is -0.849. The molecule has 2 aliphatic heterocycles. The Morgan fingerprint density at radius 1 is 1.44 bits per heavy atom. The van der Waals surface area contributed by atoms with Gasteiger partial charge in [-0.1, -0.05) is 9.39 Å². The largest absolute Gasteiger partial charge is 0.347 e. The van der Waals surface area contributed by atoms with Gasteiger partial charge in [0.1, 0.15) is 0 Å². The highest BCUT2D eigenvalue weighted by molar-refractivity contribution is 7.13. The van der Waals surface area contributed by atoms with Gasteiger partial charge in [-0.2, -0.15) is 0 Å². The Kier molecular flexibility index (Phi) is 3.77. The van der Waals surface area contributed by atoms with E-state index in [2.05, 4.69) is 14.1 Å². The van der Waals surface area contributed by atoms with E-state index in [0.29, 0.717) is 26.1 Å². The van der Waals surface area contributed by atoms with Gasteiger partial charge in [0.15, 0.2) is 5.79 Å². The molecular formula is C9H17N2O4P. The molecule has 0 aromatic carbocycles. The van der Waals surface area contributed by atoms with Gasteiger partial charge >= 0.3 is 0 Å². The van der Waals surface area contributed by atoms with E-state index in [1.807, 2.05) is 0 Å². The van der Waals surface area contributed by atoms with Gasteiger partial charge in [-0.15, -0.1) is 0 Å². The fourth-order valence-electron chi connectivity index (χ4n) is 2.33. The maximum atomic E-state index is 11.6. The van der Waals surface area contributed by atoms with Crippen LogP contribution in [-0.2, 0) is 14.3 Å². The molecule has 0 radical (unpaired) electrons. The van der Waals surface area contributed by atoms with E-state index in [4.69, 9.17) is 14.7 Å². The zero-order chi connectivity index (χ0) is 11.6. The highest BCUT2D eigenvalue weighted by Crippen LogP contribution is 2.37. The molecule has 2 unspecified atom stereocenters. The van der Waals surface area contributed by atoms with Gasteiger partial charge in [-0.3, -0.25) is 14.7 Å². The van der Waals surface area contributed by atoms with Crippen molar-refractivity contribution in [2.24, 2.45) is 5.92 Å². The first-order chi connectivity index (χ1) is 7.68. The second-order valence-corrected chi connectivity index (χ2v) is 4.84. The van der Waals surface area contributed by atoms with Gasteiger partial charge < -0.3 is 9.47 Å². The third kappa shape index (κ3) is 2.21. The molecule has 2 N–H and O–H groups in total. The van der Waals surface area contributed by atoms with Crippen LogP contribution in [0, 0.1) is 5.92 Å². The Labute approximate surface area is 96.5 Å². The average molecular weight is 248 g/mol. The molecule has 0 saturated carbocycles. The molecular weight excluding hydrogens is 231 g/mol. The van der Waals surface area contributed by atoms with Crippen LogP contribution in [0.25, 0.3) is 0 Å².